The molecule has 1 amide bonds. The number of fused-ring (bicyclic) bond motifs is 1. The predicted octanol–water partition coefficient (Wildman–Crippen LogP) is 4.06. The van der Waals surface area contributed by atoms with E-state index >= 15 is 0 Å². The molecule has 41 heavy (non-hydrogen) atoms. The van der Waals surface area contributed by atoms with Crippen LogP contribution in [0.3, 0.4) is 0 Å². The highest BCUT2D eigenvalue weighted by Gasteiger charge is 2.35. The normalized spacial score (nSPS) is 16.6. The SMILES string of the molecule is C=CC(=O)N1CCN(c2nc(OCCN3CC(CF)C3)nc3cc(-c4nc(N)ccc4C(F)(F)F)c(Cl)cc23)CC1. The Morgan fingerprint density at radius 1 is 1.15 bits per heavy atom. The summed E-state index contributed by atoms with van der Waals surface area (Å²) in [6, 6.07) is 4.91. The number of amides is 1. The van der Waals surface area contributed by atoms with E-state index < -0.39 is 17.4 Å². The van der Waals surface area contributed by atoms with Crippen molar-refractivity contribution in [3.63, 3.8) is 0 Å². The minimum atomic E-state index is -4.69. The molecule has 0 unspecified atom stereocenters. The van der Waals surface area contributed by atoms with Gasteiger partial charge in [0.1, 0.15) is 18.2 Å². The number of pyridine rings is 1. The van der Waals surface area contributed by atoms with Crippen molar-refractivity contribution in [3.8, 4) is 17.3 Å². The molecule has 0 atom stereocenters. The fourth-order valence-corrected chi connectivity index (χ4v) is 5.25. The third kappa shape index (κ3) is 6.15. The highest BCUT2D eigenvalue weighted by molar-refractivity contribution is 6.34. The Kier molecular flexibility index (Phi) is 8.18. The van der Waals surface area contributed by atoms with Crippen LogP contribution in [-0.2, 0) is 11.0 Å². The van der Waals surface area contributed by atoms with Crippen LogP contribution in [0.2, 0.25) is 5.02 Å². The third-order valence-corrected chi connectivity index (χ3v) is 7.49. The van der Waals surface area contributed by atoms with E-state index in [0.717, 1.165) is 12.1 Å². The first-order chi connectivity index (χ1) is 19.6. The number of ether oxygens (including phenoxy) is 1. The van der Waals surface area contributed by atoms with Crippen LogP contribution < -0.4 is 15.4 Å². The topological polar surface area (TPSA) is 101 Å². The van der Waals surface area contributed by atoms with Gasteiger partial charge in [-0.25, -0.2) is 4.98 Å². The van der Waals surface area contributed by atoms with Gasteiger partial charge in [0.15, 0.2) is 0 Å². The number of rotatable bonds is 8. The van der Waals surface area contributed by atoms with Crippen molar-refractivity contribution in [1.29, 1.82) is 0 Å². The molecule has 2 aliphatic rings. The second-order valence-electron chi connectivity index (χ2n) is 9.95. The number of piperazine rings is 1. The highest BCUT2D eigenvalue weighted by Crippen LogP contribution is 2.41. The van der Waals surface area contributed by atoms with Crippen LogP contribution in [0.1, 0.15) is 5.56 Å². The molecule has 2 saturated heterocycles. The highest BCUT2D eigenvalue weighted by atomic mass is 35.5. The van der Waals surface area contributed by atoms with Crippen molar-refractivity contribution in [3.05, 3.63) is 47.5 Å². The maximum atomic E-state index is 13.8. The number of benzene rings is 1. The number of alkyl halides is 4. The van der Waals surface area contributed by atoms with E-state index in [0.29, 0.717) is 62.5 Å². The van der Waals surface area contributed by atoms with E-state index in [9.17, 15) is 22.4 Å². The Hall–Kier alpha value is -3.71. The lowest BCUT2D eigenvalue weighted by molar-refractivity contribution is -0.137. The largest absolute Gasteiger partial charge is 0.462 e. The number of aromatic nitrogens is 3. The first-order valence-corrected chi connectivity index (χ1v) is 13.4. The number of carbonyl (C=O) groups excluding carboxylic acids is 1. The average Bonchev–Trinajstić information content (AvgIpc) is 2.92. The van der Waals surface area contributed by atoms with Crippen molar-refractivity contribution in [2.75, 3.05) is 69.7 Å². The Morgan fingerprint density at radius 3 is 2.54 bits per heavy atom. The predicted molar refractivity (Wildman–Crippen MR) is 148 cm³/mol. The Morgan fingerprint density at radius 2 is 1.88 bits per heavy atom. The van der Waals surface area contributed by atoms with Crippen LogP contribution in [0, 0.1) is 5.92 Å². The summed E-state index contributed by atoms with van der Waals surface area (Å²) in [5, 5.41) is 0.515. The Bertz CT molecular complexity index is 1460. The van der Waals surface area contributed by atoms with E-state index in [4.69, 9.17) is 22.1 Å². The van der Waals surface area contributed by atoms with Crippen LogP contribution in [0.15, 0.2) is 36.9 Å². The summed E-state index contributed by atoms with van der Waals surface area (Å²) < 4.78 is 60.2. The van der Waals surface area contributed by atoms with Crippen LogP contribution >= 0.6 is 11.6 Å². The molecule has 2 N–H and O–H groups in total. The van der Waals surface area contributed by atoms with E-state index in [-0.39, 0.29) is 47.5 Å². The molecule has 1 aromatic carbocycles. The summed E-state index contributed by atoms with van der Waals surface area (Å²) in [7, 11) is 0. The number of likely N-dealkylation sites (tertiary alicyclic amines) is 1. The molecule has 0 spiro atoms. The fraction of sp³-hybridized carbons (Fsp3) is 0.407. The van der Waals surface area contributed by atoms with Gasteiger partial charge in [-0.1, -0.05) is 18.2 Å². The van der Waals surface area contributed by atoms with Gasteiger partial charge in [-0.3, -0.25) is 14.1 Å². The van der Waals surface area contributed by atoms with Gasteiger partial charge in [-0.2, -0.15) is 23.1 Å². The van der Waals surface area contributed by atoms with Gasteiger partial charge < -0.3 is 20.3 Å². The lowest BCUT2D eigenvalue weighted by atomic mass is 10.0. The van der Waals surface area contributed by atoms with Crippen LogP contribution in [0.4, 0.5) is 29.2 Å². The Labute approximate surface area is 238 Å². The standard InChI is InChI=1S/C27H28ClF4N7O2/c1-2-23(40)38-5-7-39(8-6-38)25-18-11-20(28)17(24-19(27(30,31)32)3-4-22(33)35-24)12-21(18)34-26(36-25)41-10-9-37-14-16(13-29)15-37/h2-4,11-12,16H,1,5-10,13-15H2,(H2,33,35). The number of hydrogen-bond donors (Lipinski definition) is 1. The summed E-state index contributed by atoms with van der Waals surface area (Å²) in [6.07, 6.45) is -3.43. The van der Waals surface area contributed by atoms with E-state index in [1.54, 1.807) is 4.90 Å². The molecule has 0 saturated carbocycles. The Balaban J connectivity index is 1.52. The zero-order valence-corrected chi connectivity index (χ0v) is 22.8. The lowest BCUT2D eigenvalue weighted by Crippen LogP contribution is -2.49. The maximum Gasteiger partial charge on any atom is 0.418 e. The number of halogens is 5. The smallest absolute Gasteiger partial charge is 0.418 e. The maximum absolute atomic E-state index is 13.8. The second-order valence-corrected chi connectivity index (χ2v) is 10.4. The number of nitrogens with zero attached hydrogens (tertiary/aromatic N) is 6. The molecular formula is C27H28ClF4N7O2. The first-order valence-electron chi connectivity index (χ1n) is 13.0. The minimum Gasteiger partial charge on any atom is -0.462 e. The molecule has 0 aliphatic carbocycles. The zero-order chi connectivity index (χ0) is 29.3. The molecule has 4 heterocycles. The van der Waals surface area contributed by atoms with Gasteiger partial charge in [-0.05, 0) is 30.3 Å². The van der Waals surface area contributed by atoms with Crippen molar-refractivity contribution in [2.24, 2.45) is 5.92 Å². The molecule has 14 heteroatoms. The average molecular weight is 594 g/mol. The zero-order valence-electron chi connectivity index (χ0n) is 22.0. The number of nitrogens with two attached hydrogens (primary N) is 1. The fourth-order valence-electron chi connectivity index (χ4n) is 5.00. The lowest BCUT2D eigenvalue weighted by Gasteiger charge is -2.37. The van der Waals surface area contributed by atoms with Crippen molar-refractivity contribution < 1.29 is 27.1 Å². The van der Waals surface area contributed by atoms with Gasteiger partial charge in [0, 0.05) is 62.7 Å². The summed E-state index contributed by atoms with van der Waals surface area (Å²) in [6.45, 7) is 6.98. The molecule has 0 radical (unpaired) electrons. The number of anilines is 2. The summed E-state index contributed by atoms with van der Waals surface area (Å²) in [5.74, 6) is 0.243. The van der Waals surface area contributed by atoms with E-state index in [2.05, 4.69) is 21.5 Å². The van der Waals surface area contributed by atoms with Crippen molar-refractivity contribution in [1.82, 2.24) is 24.8 Å². The third-order valence-electron chi connectivity index (χ3n) is 7.18. The summed E-state index contributed by atoms with van der Waals surface area (Å²) >= 11 is 6.56. The first kappa shape index (κ1) is 28.8. The van der Waals surface area contributed by atoms with E-state index in [1.165, 1.54) is 18.2 Å². The van der Waals surface area contributed by atoms with Gasteiger partial charge in [0.25, 0.3) is 0 Å². The molecule has 2 aromatic heterocycles. The van der Waals surface area contributed by atoms with Gasteiger partial charge in [0.05, 0.1) is 28.5 Å². The molecule has 5 rings (SSSR count). The molecule has 0 bridgehead atoms. The molecular weight excluding hydrogens is 566 g/mol. The monoisotopic (exact) mass is 593 g/mol. The minimum absolute atomic E-state index is 0.00799. The second kappa shape index (κ2) is 11.6. The molecule has 3 aromatic rings. The summed E-state index contributed by atoms with van der Waals surface area (Å²) in [4.78, 5) is 30.8. The number of hydrogen-bond acceptors (Lipinski definition) is 8. The molecule has 2 fully saturated rings. The van der Waals surface area contributed by atoms with Crippen LogP contribution in [0.25, 0.3) is 22.2 Å². The number of carbonyl (C=O) groups is 1. The van der Waals surface area contributed by atoms with E-state index in [1.807, 2.05) is 9.80 Å². The molecule has 2 aliphatic heterocycles. The van der Waals surface area contributed by atoms with Crippen molar-refractivity contribution in [2.45, 2.75) is 6.18 Å². The van der Waals surface area contributed by atoms with Gasteiger partial charge in [-0.15, -0.1) is 0 Å². The van der Waals surface area contributed by atoms with Gasteiger partial charge >= 0.3 is 12.2 Å². The van der Waals surface area contributed by atoms with Crippen LogP contribution in [0.5, 0.6) is 6.01 Å². The van der Waals surface area contributed by atoms with Crippen LogP contribution in [-0.4, -0.2) is 89.8 Å². The van der Waals surface area contributed by atoms with Crippen molar-refractivity contribution >= 4 is 40.0 Å². The molecule has 218 valence electrons. The quantitative estimate of drug-likeness (QED) is 0.308. The number of nitrogen functional groups attached to an aromatic ring is 1. The molecule has 9 nitrogen and oxygen atoms in total. The van der Waals surface area contributed by atoms with Gasteiger partial charge in [0.2, 0.25) is 5.91 Å². The summed E-state index contributed by atoms with van der Waals surface area (Å²) in [5.41, 5.74) is 4.65.